The Kier molecular flexibility index (Phi) is 5.73. The minimum absolute atomic E-state index is 0.132. The van der Waals surface area contributed by atoms with Gasteiger partial charge in [-0.2, -0.15) is 0 Å². The molecule has 0 fully saturated rings. The van der Waals surface area contributed by atoms with Crippen molar-refractivity contribution in [3.8, 4) is 0 Å². The highest BCUT2D eigenvalue weighted by Gasteiger charge is 2.27. The lowest BCUT2D eigenvalue weighted by Gasteiger charge is -2.29. The van der Waals surface area contributed by atoms with Crippen LogP contribution in [0.3, 0.4) is 0 Å². The van der Waals surface area contributed by atoms with Crippen molar-refractivity contribution in [2.45, 2.75) is 33.7 Å². The molecule has 0 aromatic heterocycles. The number of nitrogens with one attached hydrogen (secondary N) is 1. The second-order valence-electron chi connectivity index (χ2n) is 4.90. The lowest BCUT2D eigenvalue weighted by atomic mass is 9.85. The largest absolute Gasteiger partial charge is 0.310 e. The summed E-state index contributed by atoms with van der Waals surface area (Å²) in [7, 11) is 0. The van der Waals surface area contributed by atoms with Crippen molar-refractivity contribution < 1.29 is 8.78 Å². The maximum atomic E-state index is 14.1. The summed E-state index contributed by atoms with van der Waals surface area (Å²) in [5.74, 6) is -0.516. The van der Waals surface area contributed by atoms with Crippen molar-refractivity contribution in [2.24, 2.45) is 11.8 Å². The maximum absolute atomic E-state index is 14.1. The van der Waals surface area contributed by atoms with Crippen LogP contribution in [0, 0.1) is 23.5 Å². The van der Waals surface area contributed by atoms with E-state index in [-0.39, 0.29) is 17.5 Å². The fourth-order valence-corrected chi connectivity index (χ4v) is 2.33. The molecule has 0 aliphatic rings. The second kappa shape index (κ2) is 6.62. The van der Waals surface area contributed by atoms with Crippen LogP contribution in [0.4, 0.5) is 8.78 Å². The first kappa shape index (κ1) is 15.6. The van der Waals surface area contributed by atoms with Gasteiger partial charge in [0.1, 0.15) is 11.6 Å². The van der Waals surface area contributed by atoms with Gasteiger partial charge in [0.25, 0.3) is 0 Å². The van der Waals surface area contributed by atoms with Crippen molar-refractivity contribution in [1.29, 1.82) is 0 Å². The molecule has 0 spiro atoms. The van der Waals surface area contributed by atoms with Crippen molar-refractivity contribution >= 4 is 15.9 Å². The third-order valence-electron chi connectivity index (χ3n) is 3.39. The van der Waals surface area contributed by atoms with Crippen LogP contribution in [-0.2, 0) is 0 Å². The summed E-state index contributed by atoms with van der Waals surface area (Å²) in [6, 6.07) is 2.39. The summed E-state index contributed by atoms with van der Waals surface area (Å²) in [5, 5.41) is 3.19. The Morgan fingerprint density at radius 3 is 2.33 bits per heavy atom. The first-order valence-corrected chi connectivity index (χ1v) is 7.06. The van der Waals surface area contributed by atoms with Crippen molar-refractivity contribution in [2.75, 3.05) is 6.54 Å². The molecular formula is C14H20BrF2N. The van der Waals surface area contributed by atoms with Crippen LogP contribution in [0.2, 0.25) is 0 Å². The quantitative estimate of drug-likeness (QED) is 0.778. The van der Waals surface area contributed by atoms with Gasteiger partial charge >= 0.3 is 0 Å². The van der Waals surface area contributed by atoms with Gasteiger partial charge in [-0.15, -0.1) is 0 Å². The Hall–Kier alpha value is -0.480. The fraction of sp³-hybridized carbons (Fsp3) is 0.571. The van der Waals surface area contributed by atoms with Gasteiger partial charge < -0.3 is 5.32 Å². The van der Waals surface area contributed by atoms with Crippen LogP contribution < -0.4 is 5.32 Å². The molecule has 0 heterocycles. The van der Waals surface area contributed by atoms with E-state index in [2.05, 4.69) is 35.1 Å². The van der Waals surface area contributed by atoms with Gasteiger partial charge in [-0.1, -0.05) is 27.7 Å². The van der Waals surface area contributed by atoms with Gasteiger partial charge in [0.05, 0.1) is 4.47 Å². The Balaban J connectivity index is 3.25. The van der Waals surface area contributed by atoms with E-state index in [0.29, 0.717) is 16.9 Å². The normalized spacial score (nSPS) is 14.9. The van der Waals surface area contributed by atoms with Crippen LogP contribution >= 0.6 is 15.9 Å². The summed E-state index contributed by atoms with van der Waals surface area (Å²) < 4.78 is 28.4. The molecule has 18 heavy (non-hydrogen) atoms. The van der Waals surface area contributed by atoms with Crippen molar-refractivity contribution in [3.63, 3.8) is 0 Å². The van der Waals surface area contributed by atoms with E-state index in [1.807, 2.05) is 13.8 Å². The lowest BCUT2D eigenvalue weighted by Crippen LogP contribution is -2.31. The molecular weight excluding hydrogens is 300 g/mol. The van der Waals surface area contributed by atoms with E-state index in [9.17, 15) is 8.78 Å². The van der Waals surface area contributed by atoms with Gasteiger partial charge in [-0.3, -0.25) is 0 Å². The minimum Gasteiger partial charge on any atom is -0.310 e. The van der Waals surface area contributed by atoms with E-state index in [0.717, 1.165) is 0 Å². The SMILES string of the molecule is CCNC(c1c(F)ccc(Br)c1F)C(C)C(C)C. The Morgan fingerprint density at radius 1 is 1.22 bits per heavy atom. The first-order valence-electron chi connectivity index (χ1n) is 6.26. The maximum Gasteiger partial charge on any atom is 0.145 e. The summed E-state index contributed by atoms with van der Waals surface area (Å²) in [5.41, 5.74) is 0.132. The third kappa shape index (κ3) is 3.29. The molecule has 4 heteroatoms. The Bertz CT molecular complexity index is 407. The van der Waals surface area contributed by atoms with Gasteiger partial charge in [0, 0.05) is 11.6 Å². The van der Waals surface area contributed by atoms with E-state index < -0.39 is 11.6 Å². The summed E-state index contributed by atoms with van der Waals surface area (Å²) in [6.45, 7) is 8.74. The molecule has 0 radical (unpaired) electrons. The minimum atomic E-state index is -0.506. The predicted octanol–water partition coefficient (Wildman–Crippen LogP) is 4.67. The molecule has 2 unspecified atom stereocenters. The first-order chi connectivity index (χ1) is 8.40. The molecule has 0 amide bonds. The van der Waals surface area contributed by atoms with E-state index in [4.69, 9.17) is 0 Å². The molecule has 0 saturated heterocycles. The summed E-state index contributed by atoms with van der Waals surface area (Å²) in [6.07, 6.45) is 0. The standard InChI is InChI=1S/C14H20BrF2N/c1-5-18-14(9(4)8(2)3)12-11(16)7-6-10(15)13(12)17/h6-9,14,18H,5H2,1-4H3. The predicted molar refractivity (Wildman–Crippen MR) is 74.5 cm³/mol. The smallest absolute Gasteiger partial charge is 0.145 e. The average molecular weight is 320 g/mol. The third-order valence-corrected chi connectivity index (χ3v) is 4.00. The molecule has 0 aliphatic carbocycles. The highest BCUT2D eigenvalue weighted by molar-refractivity contribution is 9.10. The van der Waals surface area contributed by atoms with Gasteiger partial charge in [0.15, 0.2) is 0 Å². The Labute approximate surface area is 116 Å². The number of halogens is 3. The van der Waals surface area contributed by atoms with E-state index in [1.54, 1.807) is 0 Å². The van der Waals surface area contributed by atoms with Crippen molar-refractivity contribution in [3.05, 3.63) is 33.8 Å². The second-order valence-corrected chi connectivity index (χ2v) is 5.75. The molecule has 1 N–H and O–H groups in total. The Morgan fingerprint density at radius 2 is 1.83 bits per heavy atom. The monoisotopic (exact) mass is 319 g/mol. The van der Waals surface area contributed by atoms with Crippen LogP contribution in [0.25, 0.3) is 0 Å². The number of hydrogen-bond donors (Lipinski definition) is 1. The average Bonchev–Trinajstić information content (AvgIpc) is 2.32. The zero-order valence-electron chi connectivity index (χ0n) is 11.2. The lowest BCUT2D eigenvalue weighted by molar-refractivity contribution is 0.293. The number of hydrogen-bond acceptors (Lipinski definition) is 1. The van der Waals surface area contributed by atoms with Crippen LogP contribution in [-0.4, -0.2) is 6.54 Å². The molecule has 0 aliphatic heterocycles. The molecule has 1 rings (SSSR count). The molecule has 1 aromatic carbocycles. The molecule has 102 valence electrons. The van der Waals surface area contributed by atoms with Crippen LogP contribution in [0.15, 0.2) is 16.6 Å². The zero-order valence-corrected chi connectivity index (χ0v) is 12.8. The molecule has 1 aromatic rings. The van der Waals surface area contributed by atoms with Gasteiger partial charge in [0.2, 0.25) is 0 Å². The summed E-state index contributed by atoms with van der Waals surface area (Å²) in [4.78, 5) is 0. The summed E-state index contributed by atoms with van der Waals surface area (Å²) >= 11 is 3.12. The molecule has 2 atom stereocenters. The topological polar surface area (TPSA) is 12.0 Å². The highest BCUT2D eigenvalue weighted by atomic mass is 79.9. The van der Waals surface area contributed by atoms with E-state index >= 15 is 0 Å². The molecule has 1 nitrogen and oxygen atoms in total. The van der Waals surface area contributed by atoms with Gasteiger partial charge in [-0.25, -0.2) is 8.78 Å². The van der Waals surface area contributed by atoms with Crippen LogP contribution in [0.1, 0.15) is 39.3 Å². The van der Waals surface area contributed by atoms with Crippen molar-refractivity contribution in [1.82, 2.24) is 5.32 Å². The zero-order chi connectivity index (χ0) is 13.9. The highest BCUT2D eigenvalue weighted by Crippen LogP contribution is 2.33. The number of rotatable bonds is 5. The van der Waals surface area contributed by atoms with Gasteiger partial charge in [-0.05, 0) is 46.4 Å². The molecule has 0 bridgehead atoms. The molecule has 0 saturated carbocycles. The van der Waals surface area contributed by atoms with Crippen LogP contribution in [0.5, 0.6) is 0 Å². The fourth-order valence-electron chi connectivity index (χ4n) is 1.98. The van der Waals surface area contributed by atoms with E-state index in [1.165, 1.54) is 12.1 Å². The number of benzene rings is 1.